The molecule has 0 fully saturated rings. The van der Waals surface area contributed by atoms with Crippen LogP contribution in [-0.2, 0) is 19.2 Å². The van der Waals surface area contributed by atoms with E-state index in [-0.39, 0.29) is 48.6 Å². The average Bonchev–Trinajstić information content (AvgIpc) is 2.87. The lowest BCUT2D eigenvalue weighted by Crippen LogP contribution is -2.54. The molecule has 0 saturated heterocycles. The Labute approximate surface area is 205 Å². The van der Waals surface area contributed by atoms with Gasteiger partial charge >= 0.3 is 0 Å². The van der Waals surface area contributed by atoms with Gasteiger partial charge in [0.2, 0.25) is 23.6 Å². The van der Waals surface area contributed by atoms with E-state index in [4.69, 9.17) is 0 Å². The van der Waals surface area contributed by atoms with Crippen LogP contribution in [0.3, 0.4) is 0 Å². The van der Waals surface area contributed by atoms with Gasteiger partial charge in [-0.25, -0.2) is 0 Å². The maximum atomic E-state index is 14.0. The summed E-state index contributed by atoms with van der Waals surface area (Å²) in [4.78, 5) is 55.0. The van der Waals surface area contributed by atoms with Crippen LogP contribution in [0, 0.1) is 11.8 Å². The van der Waals surface area contributed by atoms with Crippen molar-refractivity contribution >= 4 is 23.6 Å². The van der Waals surface area contributed by atoms with Gasteiger partial charge in [0.15, 0.2) is 0 Å². The topological polar surface area (TPSA) is 98.8 Å². The highest BCUT2D eigenvalue weighted by atomic mass is 16.2. The number of carbonyl (C=O) groups excluding carboxylic acids is 4. The monoisotopic (exact) mass is 476 g/mol. The van der Waals surface area contributed by atoms with Gasteiger partial charge in [-0.15, -0.1) is 0 Å². The molecule has 0 aromatic heterocycles. The lowest BCUT2D eigenvalue weighted by atomic mass is 9.53. The first kappa shape index (κ1) is 24.4. The summed E-state index contributed by atoms with van der Waals surface area (Å²) >= 11 is 0. The van der Waals surface area contributed by atoms with E-state index in [2.05, 4.69) is 10.6 Å². The predicted octanol–water partition coefficient (Wildman–Crippen LogP) is 1.31. The number of nitrogens with one attached hydrogen (secondary N) is 2. The van der Waals surface area contributed by atoms with Gasteiger partial charge in [-0.1, -0.05) is 48.5 Å². The summed E-state index contributed by atoms with van der Waals surface area (Å²) in [5.74, 6) is -3.05. The summed E-state index contributed by atoms with van der Waals surface area (Å²) < 4.78 is 0. The molecule has 3 aliphatic rings. The molecule has 2 aromatic carbocycles. The number of likely N-dealkylation sites (N-methyl/N-ethyl adjacent to an activating group) is 4. The van der Waals surface area contributed by atoms with Crippen molar-refractivity contribution in [2.24, 2.45) is 11.8 Å². The first-order valence-corrected chi connectivity index (χ1v) is 11.9. The number of benzene rings is 2. The third-order valence-electron chi connectivity index (χ3n) is 7.17. The van der Waals surface area contributed by atoms with Crippen molar-refractivity contribution in [3.05, 3.63) is 70.8 Å². The molecule has 184 valence electrons. The quantitative estimate of drug-likeness (QED) is 0.630. The Balaban J connectivity index is 1.82. The van der Waals surface area contributed by atoms with Crippen molar-refractivity contribution in [1.82, 2.24) is 20.4 Å². The van der Waals surface area contributed by atoms with Crippen molar-refractivity contribution < 1.29 is 19.2 Å². The number of amides is 4. The van der Waals surface area contributed by atoms with E-state index >= 15 is 0 Å². The van der Waals surface area contributed by atoms with Gasteiger partial charge in [-0.2, -0.15) is 0 Å². The van der Waals surface area contributed by atoms with E-state index in [1.54, 1.807) is 14.1 Å². The highest BCUT2D eigenvalue weighted by molar-refractivity contribution is 5.95. The SMILES string of the molecule is CCNC(=O)CN(C)C(=O)[C@H]1C2c3ccccc3C(c3ccccc32)[C@H]1C(=O)N(C)CC(=O)NC. The van der Waals surface area contributed by atoms with Crippen LogP contribution in [0.25, 0.3) is 0 Å². The number of hydrogen-bond donors (Lipinski definition) is 2. The zero-order chi connectivity index (χ0) is 25.3. The molecule has 0 saturated carbocycles. The van der Waals surface area contributed by atoms with Crippen molar-refractivity contribution in [2.45, 2.75) is 18.8 Å². The molecule has 0 radical (unpaired) electrons. The van der Waals surface area contributed by atoms with E-state index in [1.165, 1.54) is 16.8 Å². The molecule has 35 heavy (non-hydrogen) atoms. The highest BCUT2D eigenvalue weighted by Gasteiger charge is 2.56. The fourth-order valence-electron chi connectivity index (χ4n) is 5.70. The van der Waals surface area contributed by atoms with Crippen LogP contribution in [-0.4, -0.2) is 74.2 Å². The van der Waals surface area contributed by atoms with Gasteiger partial charge in [0.25, 0.3) is 0 Å². The largest absolute Gasteiger partial charge is 0.358 e. The Morgan fingerprint density at radius 2 is 1.09 bits per heavy atom. The maximum absolute atomic E-state index is 14.0. The summed E-state index contributed by atoms with van der Waals surface area (Å²) in [6, 6.07) is 15.9. The van der Waals surface area contributed by atoms with Gasteiger partial charge in [0, 0.05) is 39.5 Å². The predicted molar refractivity (Wildman–Crippen MR) is 132 cm³/mol. The molecule has 2 aromatic rings. The second kappa shape index (κ2) is 9.90. The summed E-state index contributed by atoms with van der Waals surface area (Å²) in [7, 11) is 4.73. The number of fused-ring (bicyclic) bond motifs is 1. The Hall–Kier alpha value is -3.68. The van der Waals surface area contributed by atoms with Crippen LogP contribution < -0.4 is 10.6 Å². The molecule has 4 amide bonds. The zero-order valence-corrected chi connectivity index (χ0v) is 20.6. The summed E-state index contributed by atoms with van der Waals surface area (Å²) in [6.07, 6.45) is 0. The van der Waals surface area contributed by atoms with Gasteiger partial charge in [-0.3, -0.25) is 19.2 Å². The fourth-order valence-corrected chi connectivity index (χ4v) is 5.70. The van der Waals surface area contributed by atoms with Crippen LogP contribution in [0.15, 0.2) is 48.5 Å². The molecule has 0 unspecified atom stereocenters. The molecule has 8 heteroatoms. The summed E-state index contributed by atoms with van der Waals surface area (Å²) in [5, 5.41) is 5.28. The second-order valence-electron chi connectivity index (χ2n) is 9.28. The molecular formula is C27H32N4O4. The standard InChI is InChI=1S/C27H32N4O4/c1-5-29-21(33)15-31(4)27(35)25-23-18-12-8-6-10-16(18)22(17-11-7-9-13-19(17)23)24(25)26(34)30(3)14-20(32)28-2/h6-13,22-25H,5,14-15H2,1-4H3,(H,28,32)(H,29,33)/t22?,23?,24-,25+/m1/s1. The second-order valence-corrected chi connectivity index (χ2v) is 9.28. The van der Waals surface area contributed by atoms with E-state index in [9.17, 15) is 19.2 Å². The first-order valence-electron chi connectivity index (χ1n) is 11.9. The van der Waals surface area contributed by atoms with Crippen molar-refractivity contribution in [2.75, 3.05) is 40.8 Å². The average molecular weight is 477 g/mol. The molecule has 0 heterocycles. The van der Waals surface area contributed by atoms with Gasteiger partial charge < -0.3 is 20.4 Å². The Bertz CT molecular complexity index is 1120. The molecule has 2 N–H and O–H groups in total. The molecule has 8 nitrogen and oxygen atoms in total. The minimum absolute atomic E-state index is 0.0845. The Morgan fingerprint density at radius 3 is 1.43 bits per heavy atom. The smallest absolute Gasteiger partial charge is 0.239 e. The molecule has 3 aliphatic carbocycles. The normalized spacial score (nSPS) is 21.4. The van der Waals surface area contributed by atoms with Crippen LogP contribution in [0.5, 0.6) is 0 Å². The summed E-state index contributed by atoms with van der Waals surface area (Å²) in [6.45, 7) is 2.12. The van der Waals surface area contributed by atoms with E-state index in [0.717, 1.165) is 22.3 Å². The maximum Gasteiger partial charge on any atom is 0.239 e. The van der Waals surface area contributed by atoms with Crippen LogP contribution in [0.1, 0.15) is 41.0 Å². The van der Waals surface area contributed by atoms with Crippen molar-refractivity contribution in [1.29, 1.82) is 0 Å². The van der Waals surface area contributed by atoms with Gasteiger partial charge in [-0.05, 0) is 29.2 Å². The molecule has 5 rings (SSSR count). The first-order chi connectivity index (χ1) is 16.8. The van der Waals surface area contributed by atoms with Crippen molar-refractivity contribution in [3.8, 4) is 0 Å². The number of hydrogen-bond acceptors (Lipinski definition) is 4. The van der Waals surface area contributed by atoms with Gasteiger partial charge in [0.05, 0.1) is 24.9 Å². The molecule has 2 bridgehead atoms. The van der Waals surface area contributed by atoms with Crippen LogP contribution in [0.2, 0.25) is 0 Å². The van der Waals surface area contributed by atoms with Crippen molar-refractivity contribution in [3.63, 3.8) is 0 Å². The third kappa shape index (κ3) is 4.29. The minimum atomic E-state index is -0.691. The highest BCUT2D eigenvalue weighted by Crippen LogP contribution is 2.58. The Kier molecular flexibility index (Phi) is 6.91. The fraction of sp³-hybridized carbons (Fsp3) is 0.407. The lowest BCUT2D eigenvalue weighted by molar-refractivity contribution is -0.149. The summed E-state index contributed by atoms with van der Waals surface area (Å²) in [5.41, 5.74) is 4.16. The zero-order valence-electron chi connectivity index (χ0n) is 20.6. The van der Waals surface area contributed by atoms with E-state index in [1.807, 2.05) is 55.5 Å². The lowest BCUT2D eigenvalue weighted by Gasteiger charge is -2.50. The number of carbonyl (C=O) groups is 4. The van der Waals surface area contributed by atoms with Crippen LogP contribution >= 0.6 is 0 Å². The van der Waals surface area contributed by atoms with Gasteiger partial charge in [0.1, 0.15) is 0 Å². The third-order valence-corrected chi connectivity index (χ3v) is 7.17. The number of nitrogens with zero attached hydrogens (tertiary/aromatic N) is 2. The molecule has 2 atom stereocenters. The van der Waals surface area contributed by atoms with Crippen LogP contribution in [0.4, 0.5) is 0 Å². The minimum Gasteiger partial charge on any atom is -0.358 e. The number of rotatable bonds is 7. The molecular weight excluding hydrogens is 444 g/mol. The Morgan fingerprint density at radius 1 is 0.714 bits per heavy atom. The van der Waals surface area contributed by atoms with E-state index in [0.29, 0.717) is 6.54 Å². The molecule has 0 spiro atoms. The van der Waals surface area contributed by atoms with E-state index < -0.39 is 11.8 Å². The molecule has 0 aliphatic heterocycles.